The first kappa shape index (κ1) is 17.7. The van der Waals surface area contributed by atoms with Crippen molar-refractivity contribution >= 4 is 10.0 Å². The molecule has 0 aliphatic carbocycles. The summed E-state index contributed by atoms with van der Waals surface area (Å²) in [6.45, 7) is 4.01. The molecule has 0 atom stereocenters. The predicted octanol–water partition coefficient (Wildman–Crippen LogP) is 1.16. The van der Waals surface area contributed by atoms with Gasteiger partial charge in [0.15, 0.2) is 0 Å². The fraction of sp³-hybridized carbons (Fsp3) is 0.571. The van der Waals surface area contributed by atoms with Gasteiger partial charge in [0.25, 0.3) is 0 Å². The maximum Gasteiger partial charge on any atom is 0.211 e. The lowest BCUT2D eigenvalue weighted by Crippen LogP contribution is -2.32. The lowest BCUT2D eigenvalue weighted by atomic mass is 10.2. The van der Waals surface area contributed by atoms with E-state index in [-0.39, 0.29) is 5.75 Å². The van der Waals surface area contributed by atoms with Gasteiger partial charge in [0, 0.05) is 31.3 Å². The van der Waals surface area contributed by atoms with Crippen molar-refractivity contribution in [1.29, 1.82) is 0 Å². The Hall–Kier alpha value is -1.31. The molecule has 0 saturated carbocycles. The van der Waals surface area contributed by atoms with Crippen LogP contribution in [0.2, 0.25) is 0 Å². The van der Waals surface area contributed by atoms with Gasteiger partial charge >= 0.3 is 0 Å². The van der Waals surface area contributed by atoms with Crippen LogP contribution in [0.15, 0.2) is 18.2 Å². The van der Waals surface area contributed by atoms with Crippen molar-refractivity contribution in [2.75, 3.05) is 33.0 Å². The minimum absolute atomic E-state index is 0.188. The second kappa shape index (κ2) is 8.21. The van der Waals surface area contributed by atoms with Gasteiger partial charge in [0.2, 0.25) is 10.0 Å². The molecule has 0 heterocycles. The minimum Gasteiger partial charge on any atom is -0.507 e. The van der Waals surface area contributed by atoms with Gasteiger partial charge < -0.3 is 15.2 Å². The van der Waals surface area contributed by atoms with Crippen LogP contribution in [0.5, 0.6) is 11.5 Å². The van der Waals surface area contributed by atoms with Crippen molar-refractivity contribution in [2.24, 2.45) is 0 Å². The van der Waals surface area contributed by atoms with E-state index in [0.29, 0.717) is 31.9 Å². The van der Waals surface area contributed by atoms with Crippen molar-refractivity contribution in [3.05, 3.63) is 23.8 Å². The molecular weight excluding hydrogens is 292 g/mol. The molecule has 0 amide bonds. The molecule has 0 radical (unpaired) electrons. The molecule has 0 aliphatic rings. The second-order valence-electron chi connectivity index (χ2n) is 4.78. The molecule has 0 fully saturated rings. The molecule has 0 aromatic heterocycles. The maximum absolute atomic E-state index is 11.4. The van der Waals surface area contributed by atoms with Crippen LogP contribution in [0.4, 0.5) is 0 Å². The highest BCUT2D eigenvalue weighted by molar-refractivity contribution is 7.88. The van der Waals surface area contributed by atoms with Crippen molar-refractivity contribution < 1.29 is 18.3 Å². The highest BCUT2D eigenvalue weighted by Crippen LogP contribution is 2.22. The molecular formula is C14H24N2O4S. The minimum atomic E-state index is -3.12. The Kier molecular flexibility index (Phi) is 6.94. The third kappa shape index (κ3) is 5.91. The van der Waals surface area contributed by atoms with E-state index in [1.165, 1.54) is 10.6 Å². The maximum atomic E-state index is 11.4. The van der Waals surface area contributed by atoms with Gasteiger partial charge in [-0.05, 0) is 19.0 Å². The second-order valence-corrected chi connectivity index (χ2v) is 6.76. The number of ether oxygens (including phenoxy) is 1. The highest BCUT2D eigenvalue weighted by atomic mass is 32.2. The molecule has 2 N–H and O–H groups in total. The van der Waals surface area contributed by atoms with E-state index < -0.39 is 10.0 Å². The summed E-state index contributed by atoms with van der Waals surface area (Å²) in [4.78, 5) is 0. The number of phenols is 1. The first-order chi connectivity index (χ1) is 9.88. The molecule has 6 nitrogen and oxygen atoms in total. The average molecular weight is 316 g/mol. The Bertz CT molecular complexity index is 546. The quantitative estimate of drug-likeness (QED) is 0.669. The summed E-state index contributed by atoms with van der Waals surface area (Å²) >= 11 is 0. The molecule has 0 unspecified atom stereocenters. The van der Waals surface area contributed by atoms with E-state index in [1.54, 1.807) is 25.3 Å². The number of hydrogen-bond acceptors (Lipinski definition) is 5. The summed E-state index contributed by atoms with van der Waals surface area (Å²) < 4.78 is 29.3. The van der Waals surface area contributed by atoms with Crippen LogP contribution in [0, 0.1) is 0 Å². The number of hydrogen-bond donors (Lipinski definition) is 2. The van der Waals surface area contributed by atoms with Gasteiger partial charge in [-0.25, -0.2) is 12.7 Å². The molecule has 1 rings (SSSR count). The van der Waals surface area contributed by atoms with Gasteiger partial charge in [0.1, 0.15) is 11.5 Å². The van der Waals surface area contributed by atoms with Crippen LogP contribution < -0.4 is 10.1 Å². The number of aromatic hydroxyl groups is 1. The normalized spacial score (nSPS) is 11.8. The summed E-state index contributed by atoms with van der Waals surface area (Å²) in [5, 5.41) is 13.0. The summed E-state index contributed by atoms with van der Waals surface area (Å²) in [6.07, 6.45) is 1.94. The molecule has 1 aromatic rings. The Morgan fingerprint density at radius 3 is 2.62 bits per heavy atom. The molecule has 0 aliphatic heterocycles. The third-order valence-corrected chi connectivity index (χ3v) is 4.57. The largest absolute Gasteiger partial charge is 0.507 e. The lowest BCUT2D eigenvalue weighted by Gasteiger charge is -2.17. The van der Waals surface area contributed by atoms with E-state index in [0.717, 1.165) is 12.0 Å². The molecule has 1 aromatic carbocycles. The highest BCUT2D eigenvalue weighted by Gasteiger charge is 2.13. The number of benzene rings is 1. The number of methoxy groups -OCH3 is 1. The van der Waals surface area contributed by atoms with Gasteiger partial charge in [-0.3, -0.25) is 0 Å². The van der Waals surface area contributed by atoms with Gasteiger partial charge in [-0.2, -0.15) is 0 Å². The summed E-state index contributed by atoms with van der Waals surface area (Å²) in [5.74, 6) is 0.802. The predicted molar refractivity (Wildman–Crippen MR) is 83.1 cm³/mol. The van der Waals surface area contributed by atoms with Crippen LogP contribution in [0.1, 0.15) is 18.9 Å². The van der Waals surface area contributed by atoms with E-state index >= 15 is 0 Å². The Morgan fingerprint density at radius 1 is 1.38 bits per heavy atom. The fourth-order valence-electron chi connectivity index (χ4n) is 1.98. The van der Waals surface area contributed by atoms with Crippen molar-refractivity contribution in [2.45, 2.75) is 19.9 Å². The van der Waals surface area contributed by atoms with Crippen molar-refractivity contribution in [3.63, 3.8) is 0 Å². The summed E-state index contributed by atoms with van der Waals surface area (Å²) in [6, 6.07) is 5.16. The molecule has 0 saturated heterocycles. The first-order valence-corrected chi connectivity index (χ1v) is 8.75. The summed E-state index contributed by atoms with van der Waals surface area (Å²) in [5.41, 5.74) is 0.784. The van der Waals surface area contributed by atoms with Crippen LogP contribution in [0.25, 0.3) is 0 Å². The zero-order chi connectivity index (χ0) is 15.9. The fourth-order valence-corrected chi connectivity index (χ4v) is 2.91. The van der Waals surface area contributed by atoms with Crippen LogP contribution in [0.3, 0.4) is 0 Å². The zero-order valence-corrected chi connectivity index (χ0v) is 13.6. The van der Waals surface area contributed by atoms with Crippen molar-refractivity contribution in [3.8, 4) is 11.5 Å². The average Bonchev–Trinajstić information content (AvgIpc) is 2.42. The number of phenolic OH excluding ortho intramolecular Hbond substituents is 1. The van der Waals surface area contributed by atoms with Crippen LogP contribution in [-0.2, 0) is 16.6 Å². The van der Waals surface area contributed by atoms with Crippen LogP contribution >= 0.6 is 0 Å². The Morgan fingerprint density at radius 2 is 2.10 bits per heavy atom. The van der Waals surface area contributed by atoms with Gasteiger partial charge in [-0.1, -0.05) is 13.0 Å². The third-order valence-electron chi connectivity index (χ3n) is 3.19. The number of nitrogens with one attached hydrogen (secondary N) is 1. The molecule has 0 bridgehead atoms. The summed E-state index contributed by atoms with van der Waals surface area (Å²) in [7, 11) is -1.57. The van der Waals surface area contributed by atoms with Gasteiger partial charge in [0.05, 0.1) is 13.4 Å². The van der Waals surface area contributed by atoms with E-state index in [2.05, 4.69) is 5.32 Å². The smallest absolute Gasteiger partial charge is 0.211 e. The SMILES string of the molecule is CCN(CCCNCc1ccc(OC)cc1O)S(C)(=O)=O. The Labute approximate surface area is 126 Å². The Balaban J connectivity index is 2.35. The lowest BCUT2D eigenvalue weighted by molar-refractivity contribution is 0.405. The van der Waals surface area contributed by atoms with E-state index in [4.69, 9.17) is 4.74 Å². The van der Waals surface area contributed by atoms with Crippen molar-refractivity contribution in [1.82, 2.24) is 9.62 Å². The van der Waals surface area contributed by atoms with E-state index in [1.807, 2.05) is 6.92 Å². The zero-order valence-electron chi connectivity index (χ0n) is 12.8. The molecule has 120 valence electrons. The molecule has 7 heteroatoms. The van der Waals surface area contributed by atoms with E-state index in [9.17, 15) is 13.5 Å². The van der Waals surface area contributed by atoms with Crippen LogP contribution in [-0.4, -0.2) is 50.8 Å². The molecule has 0 spiro atoms. The van der Waals surface area contributed by atoms with Gasteiger partial charge in [-0.15, -0.1) is 0 Å². The number of sulfonamides is 1. The number of rotatable bonds is 9. The standard InChI is InChI=1S/C14H24N2O4S/c1-4-16(21(3,18)19)9-5-8-15-11-12-6-7-13(20-2)10-14(12)17/h6-7,10,15,17H,4-5,8-9,11H2,1-3H3. The number of nitrogens with zero attached hydrogens (tertiary/aromatic N) is 1. The molecule has 21 heavy (non-hydrogen) atoms. The topological polar surface area (TPSA) is 78.9 Å². The monoisotopic (exact) mass is 316 g/mol. The first-order valence-electron chi connectivity index (χ1n) is 6.90.